The SMILES string of the molecule is CCN(CC)S(=O)(=O)c1ccc(N2CC(C(=O)NCC(C)(O)CC)CC2=O)cc1. The van der Waals surface area contributed by atoms with Gasteiger partial charge in [0.15, 0.2) is 0 Å². The third-order valence-corrected chi connectivity index (χ3v) is 7.46. The van der Waals surface area contributed by atoms with Crippen LogP contribution < -0.4 is 10.2 Å². The molecule has 2 amide bonds. The molecule has 1 aromatic carbocycles. The fourth-order valence-corrected chi connectivity index (χ4v) is 4.65. The van der Waals surface area contributed by atoms with E-state index in [9.17, 15) is 23.1 Å². The van der Waals surface area contributed by atoms with Crippen molar-refractivity contribution in [1.82, 2.24) is 9.62 Å². The van der Waals surface area contributed by atoms with Gasteiger partial charge in [0.2, 0.25) is 21.8 Å². The number of aliphatic hydroxyl groups is 1. The summed E-state index contributed by atoms with van der Waals surface area (Å²) < 4.78 is 26.5. The predicted octanol–water partition coefficient (Wildman–Crippen LogP) is 1.35. The predicted molar refractivity (Wildman–Crippen MR) is 111 cm³/mol. The Morgan fingerprint density at radius 2 is 1.83 bits per heavy atom. The second-order valence-corrected chi connectivity index (χ2v) is 9.49. The normalized spacial score (nSPS) is 19.4. The number of hydrogen-bond acceptors (Lipinski definition) is 5. The number of hydrogen-bond donors (Lipinski definition) is 2. The molecule has 1 saturated heterocycles. The molecule has 162 valence electrons. The number of benzene rings is 1. The van der Waals surface area contributed by atoms with Crippen LogP contribution in [-0.4, -0.2) is 61.4 Å². The second-order valence-electron chi connectivity index (χ2n) is 7.56. The summed E-state index contributed by atoms with van der Waals surface area (Å²) in [5, 5.41) is 12.7. The standard InChI is InChI=1S/C20H31N3O5S/c1-5-20(4,26)14-21-19(25)15-12-18(24)23(13-15)16-8-10-17(11-9-16)29(27,28)22(6-2)7-3/h8-11,15,26H,5-7,12-14H2,1-4H3,(H,21,25). The van der Waals surface area contributed by atoms with Gasteiger partial charge in [-0.2, -0.15) is 4.31 Å². The largest absolute Gasteiger partial charge is 0.388 e. The fraction of sp³-hybridized carbons (Fsp3) is 0.600. The Labute approximate surface area is 172 Å². The summed E-state index contributed by atoms with van der Waals surface area (Å²) in [5.74, 6) is -0.962. The summed E-state index contributed by atoms with van der Waals surface area (Å²) in [6.45, 7) is 8.16. The highest BCUT2D eigenvalue weighted by molar-refractivity contribution is 7.89. The van der Waals surface area contributed by atoms with Gasteiger partial charge in [-0.15, -0.1) is 0 Å². The Morgan fingerprint density at radius 1 is 1.24 bits per heavy atom. The van der Waals surface area contributed by atoms with Crippen LogP contribution in [0.2, 0.25) is 0 Å². The minimum Gasteiger partial charge on any atom is -0.388 e. The van der Waals surface area contributed by atoms with Crippen molar-refractivity contribution in [3.05, 3.63) is 24.3 Å². The fourth-order valence-electron chi connectivity index (χ4n) is 3.19. The van der Waals surface area contributed by atoms with E-state index in [-0.39, 0.29) is 36.2 Å². The van der Waals surface area contributed by atoms with Crippen molar-refractivity contribution in [2.24, 2.45) is 5.92 Å². The first kappa shape index (κ1) is 23.3. The van der Waals surface area contributed by atoms with E-state index in [1.165, 1.54) is 21.3 Å². The van der Waals surface area contributed by atoms with Crippen LogP contribution in [0, 0.1) is 5.92 Å². The zero-order valence-electron chi connectivity index (χ0n) is 17.5. The van der Waals surface area contributed by atoms with Gasteiger partial charge in [-0.05, 0) is 37.6 Å². The highest BCUT2D eigenvalue weighted by Crippen LogP contribution is 2.27. The monoisotopic (exact) mass is 425 g/mol. The molecular weight excluding hydrogens is 394 g/mol. The lowest BCUT2D eigenvalue weighted by Gasteiger charge is -2.23. The molecule has 29 heavy (non-hydrogen) atoms. The Kier molecular flexibility index (Phi) is 7.42. The Hall–Kier alpha value is -1.97. The summed E-state index contributed by atoms with van der Waals surface area (Å²) in [7, 11) is -3.56. The molecule has 2 unspecified atom stereocenters. The number of rotatable bonds is 9. The van der Waals surface area contributed by atoms with Gasteiger partial charge in [0.1, 0.15) is 0 Å². The van der Waals surface area contributed by atoms with Crippen molar-refractivity contribution in [3.8, 4) is 0 Å². The maximum absolute atomic E-state index is 12.6. The molecule has 0 aromatic heterocycles. The molecule has 0 aliphatic carbocycles. The first-order valence-corrected chi connectivity index (χ1v) is 11.4. The van der Waals surface area contributed by atoms with Crippen molar-refractivity contribution in [1.29, 1.82) is 0 Å². The molecule has 1 heterocycles. The van der Waals surface area contributed by atoms with Crippen LogP contribution in [0.15, 0.2) is 29.2 Å². The maximum Gasteiger partial charge on any atom is 0.243 e. The van der Waals surface area contributed by atoms with E-state index in [1.54, 1.807) is 32.9 Å². The highest BCUT2D eigenvalue weighted by atomic mass is 32.2. The summed E-state index contributed by atoms with van der Waals surface area (Å²) >= 11 is 0. The van der Waals surface area contributed by atoms with Gasteiger partial charge in [-0.25, -0.2) is 8.42 Å². The van der Waals surface area contributed by atoms with E-state index < -0.39 is 21.5 Å². The lowest BCUT2D eigenvalue weighted by atomic mass is 10.0. The van der Waals surface area contributed by atoms with Gasteiger partial charge in [0.05, 0.1) is 16.4 Å². The lowest BCUT2D eigenvalue weighted by molar-refractivity contribution is -0.127. The number of carbonyl (C=O) groups excluding carboxylic acids is 2. The van der Waals surface area contributed by atoms with E-state index in [4.69, 9.17) is 0 Å². The van der Waals surface area contributed by atoms with Gasteiger partial charge in [-0.3, -0.25) is 9.59 Å². The number of nitrogens with one attached hydrogen (secondary N) is 1. The first-order valence-electron chi connectivity index (χ1n) is 9.96. The smallest absolute Gasteiger partial charge is 0.243 e. The molecule has 2 N–H and O–H groups in total. The van der Waals surface area contributed by atoms with Gasteiger partial charge < -0.3 is 15.3 Å². The van der Waals surface area contributed by atoms with Crippen LogP contribution in [0.3, 0.4) is 0 Å². The summed E-state index contributed by atoms with van der Waals surface area (Å²) in [6.07, 6.45) is 0.589. The molecule has 1 aliphatic rings. The third-order valence-electron chi connectivity index (χ3n) is 5.39. The van der Waals surface area contributed by atoms with Crippen molar-refractivity contribution >= 4 is 27.5 Å². The van der Waals surface area contributed by atoms with E-state index in [2.05, 4.69) is 5.32 Å². The van der Waals surface area contributed by atoms with Crippen molar-refractivity contribution < 1.29 is 23.1 Å². The van der Waals surface area contributed by atoms with Crippen molar-refractivity contribution in [3.63, 3.8) is 0 Å². The van der Waals surface area contributed by atoms with Crippen LogP contribution in [0.1, 0.15) is 40.5 Å². The molecule has 1 fully saturated rings. The van der Waals surface area contributed by atoms with Crippen molar-refractivity contribution in [2.75, 3.05) is 31.1 Å². The average Bonchev–Trinajstić information content (AvgIpc) is 3.09. The molecular formula is C20H31N3O5S. The van der Waals surface area contributed by atoms with Crippen molar-refractivity contribution in [2.45, 2.75) is 51.0 Å². The molecule has 1 aliphatic heterocycles. The Balaban J connectivity index is 2.08. The third kappa shape index (κ3) is 5.34. The Morgan fingerprint density at radius 3 is 2.34 bits per heavy atom. The maximum atomic E-state index is 12.6. The van der Waals surface area contributed by atoms with Crippen LogP contribution in [0.25, 0.3) is 0 Å². The summed E-state index contributed by atoms with van der Waals surface area (Å²) in [6, 6.07) is 6.16. The number of sulfonamides is 1. The average molecular weight is 426 g/mol. The van der Waals surface area contributed by atoms with Crippen LogP contribution >= 0.6 is 0 Å². The van der Waals surface area contributed by atoms with Gasteiger partial charge >= 0.3 is 0 Å². The molecule has 0 radical (unpaired) electrons. The van der Waals surface area contributed by atoms with E-state index in [0.29, 0.717) is 25.2 Å². The van der Waals surface area contributed by atoms with E-state index in [1.807, 2.05) is 6.92 Å². The molecule has 2 atom stereocenters. The topological polar surface area (TPSA) is 107 Å². The molecule has 9 heteroatoms. The minimum atomic E-state index is -3.56. The van der Waals surface area contributed by atoms with Crippen LogP contribution in [-0.2, 0) is 19.6 Å². The van der Waals surface area contributed by atoms with Crippen LogP contribution in [0.4, 0.5) is 5.69 Å². The number of amides is 2. The number of anilines is 1. The zero-order chi connectivity index (χ0) is 21.8. The lowest BCUT2D eigenvalue weighted by Crippen LogP contribution is -2.43. The molecule has 0 spiro atoms. The van der Waals surface area contributed by atoms with E-state index >= 15 is 0 Å². The number of nitrogens with zero attached hydrogens (tertiary/aromatic N) is 2. The molecule has 0 bridgehead atoms. The first-order chi connectivity index (χ1) is 13.6. The number of carbonyl (C=O) groups is 2. The second kappa shape index (κ2) is 9.23. The van der Waals surface area contributed by atoms with E-state index in [0.717, 1.165) is 0 Å². The molecule has 2 rings (SSSR count). The zero-order valence-corrected chi connectivity index (χ0v) is 18.3. The molecule has 0 saturated carbocycles. The Bertz CT molecular complexity index is 832. The summed E-state index contributed by atoms with van der Waals surface area (Å²) in [4.78, 5) is 26.4. The molecule has 8 nitrogen and oxygen atoms in total. The quantitative estimate of drug-likeness (QED) is 0.621. The minimum absolute atomic E-state index is 0.0829. The molecule has 1 aromatic rings. The summed E-state index contributed by atoms with van der Waals surface area (Å²) in [5.41, 5.74) is -0.422. The van der Waals surface area contributed by atoms with Crippen LogP contribution in [0.5, 0.6) is 0 Å². The van der Waals surface area contributed by atoms with Gasteiger partial charge in [0, 0.05) is 38.3 Å². The van der Waals surface area contributed by atoms with Gasteiger partial charge in [0.25, 0.3) is 0 Å². The highest BCUT2D eigenvalue weighted by Gasteiger charge is 2.36. The van der Waals surface area contributed by atoms with Gasteiger partial charge in [-0.1, -0.05) is 20.8 Å².